The molecule has 0 saturated heterocycles. The number of unbranched alkanes of at least 4 members (excludes halogenated alkanes) is 2. The third-order valence-electron chi connectivity index (χ3n) is 2.32. The first kappa shape index (κ1) is 13.9. The third kappa shape index (κ3) is 5.28. The lowest BCUT2D eigenvalue weighted by Gasteiger charge is -2.00. The Hall–Kier alpha value is -2.12. The van der Waals surface area contributed by atoms with Crippen molar-refractivity contribution in [2.24, 2.45) is 0 Å². The van der Waals surface area contributed by atoms with Gasteiger partial charge in [-0.3, -0.25) is 0 Å². The first-order valence-corrected chi connectivity index (χ1v) is 6.16. The standard InChI is InChI=1S/C17H18O/c1-3-4-5-6-7-8-9-10-13-16-14-11-12-15-17(16)18-2/h8-9,11-12,14-15H,3-5H2,1-2H3/b9-8-. The summed E-state index contributed by atoms with van der Waals surface area (Å²) in [6, 6.07) is 7.71. The van der Waals surface area contributed by atoms with Gasteiger partial charge in [0.15, 0.2) is 0 Å². The van der Waals surface area contributed by atoms with E-state index >= 15 is 0 Å². The van der Waals surface area contributed by atoms with Crippen LogP contribution in [0.4, 0.5) is 0 Å². The summed E-state index contributed by atoms with van der Waals surface area (Å²) in [6.07, 6.45) is 6.87. The summed E-state index contributed by atoms with van der Waals surface area (Å²) in [4.78, 5) is 0. The summed E-state index contributed by atoms with van der Waals surface area (Å²) < 4.78 is 5.21. The van der Waals surface area contributed by atoms with Gasteiger partial charge in [-0.25, -0.2) is 0 Å². The Kier molecular flexibility index (Phi) is 6.95. The summed E-state index contributed by atoms with van der Waals surface area (Å²) in [7, 11) is 1.65. The van der Waals surface area contributed by atoms with Gasteiger partial charge in [0.05, 0.1) is 12.7 Å². The molecule has 0 bridgehead atoms. The Morgan fingerprint density at radius 2 is 1.94 bits per heavy atom. The average molecular weight is 238 g/mol. The summed E-state index contributed by atoms with van der Waals surface area (Å²) >= 11 is 0. The lowest BCUT2D eigenvalue weighted by molar-refractivity contribution is 0.413. The van der Waals surface area contributed by atoms with Crippen LogP contribution in [0, 0.1) is 23.7 Å². The highest BCUT2D eigenvalue weighted by Gasteiger charge is 1.95. The predicted octanol–water partition coefficient (Wildman–Crippen LogP) is 3.80. The molecule has 0 aromatic heterocycles. The maximum Gasteiger partial charge on any atom is 0.134 e. The number of para-hydroxylation sites is 1. The molecule has 0 aliphatic rings. The van der Waals surface area contributed by atoms with Gasteiger partial charge in [-0.2, -0.15) is 0 Å². The van der Waals surface area contributed by atoms with Gasteiger partial charge in [0.25, 0.3) is 0 Å². The van der Waals surface area contributed by atoms with E-state index in [0.717, 1.165) is 24.2 Å². The highest BCUT2D eigenvalue weighted by Crippen LogP contribution is 2.15. The first-order valence-electron chi connectivity index (χ1n) is 6.16. The third-order valence-corrected chi connectivity index (χ3v) is 2.32. The molecule has 0 radical (unpaired) electrons. The van der Waals surface area contributed by atoms with E-state index in [1.807, 2.05) is 24.3 Å². The van der Waals surface area contributed by atoms with Crippen molar-refractivity contribution in [3.63, 3.8) is 0 Å². The van der Waals surface area contributed by atoms with Crippen molar-refractivity contribution in [1.29, 1.82) is 0 Å². The van der Waals surface area contributed by atoms with E-state index in [9.17, 15) is 0 Å². The normalized spacial score (nSPS) is 9.22. The Morgan fingerprint density at radius 1 is 1.17 bits per heavy atom. The maximum atomic E-state index is 5.21. The molecule has 0 fully saturated rings. The molecule has 18 heavy (non-hydrogen) atoms. The van der Waals surface area contributed by atoms with Crippen molar-refractivity contribution in [1.82, 2.24) is 0 Å². The van der Waals surface area contributed by atoms with E-state index < -0.39 is 0 Å². The molecule has 1 aromatic rings. The summed E-state index contributed by atoms with van der Waals surface area (Å²) in [6.45, 7) is 2.16. The molecular weight excluding hydrogens is 220 g/mol. The fourth-order valence-electron chi connectivity index (χ4n) is 1.35. The quantitative estimate of drug-likeness (QED) is 0.575. The van der Waals surface area contributed by atoms with Gasteiger partial charge in [0.1, 0.15) is 5.75 Å². The molecule has 0 spiro atoms. The van der Waals surface area contributed by atoms with E-state index in [2.05, 4.69) is 30.6 Å². The van der Waals surface area contributed by atoms with Crippen molar-refractivity contribution >= 4 is 0 Å². The number of hydrogen-bond donors (Lipinski definition) is 0. The van der Waals surface area contributed by atoms with Crippen molar-refractivity contribution in [3.8, 4) is 29.4 Å². The van der Waals surface area contributed by atoms with Crippen LogP contribution in [0.2, 0.25) is 0 Å². The van der Waals surface area contributed by atoms with Crippen molar-refractivity contribution < 1.29 is 4.74 Å². The molecule has 0 unspecified atom stereocenters. The maximum absolute atomic E-state index is 5.21. The number of methoxy groups -OCH3 is 1. The molecule has 1 nitrogen and oxygen atoms in total. The Morgan fingerprint density at radius 3 is 2.72 bits per heavy atom. The number of hydrogen-bond acceptors (Lipinski definition) is 1. The zero-order valence-electron chi connectivity index (χ0n) is 11.0. The van der Waals surface area contributed by atoms with Crippen molar-refractivity contribution in [2.45, 2.75) is 26.2 Å². The van der Waals surface area contributed by atoms with Gasteiger partial charge < -0.3 is 4.74 Å². The molecule has 1 heteroatoms. The Bertz CT molecular complexity index is 504. The summed E-state index contributed by atoms with van der Waals surface area (Å²) in [5.41, 5.74) is 0.892. The second kappa shape index (κ2) is 8.97. The highest BCUT2D eigenvalue weighted by atomic mass is 16.5. The average Bonchev–Trinajstić information content (AvgIpc) is 2.42. The smallest absolute Gasteiger partial charge is 0.134 e. The van der Waals surface area contributed by atoms with Crippen LogP contribution in [0.15, 0.2) is 36.4 Å². The van der Waals surface area contributed by atoms with Crippen LogP contribution < -0.4 is 4.74 Å². The molecule has 0 amide bonds. The lowest BCUT2D eigenvalue weighted by Crippen LogP contribution is -1.85. The van der Waals surface area contributed by atoms with Crippen LogP contribution >= 0.6 is 0 Å². The van der Waals surface area contributed by atoms with E-state index in [1.54, 1.807) is 19.3 Å². The second-order valence-corrected chi connectivity index (χ2v) is 3.73. The van der Waals surface area contributed by atoms with Crippen molar-refractivity contribution in [3.05, 3.63) is 42.0 Å². The first-order chi connectivity index (χ1) is 8.88. The number of ether oxygens (including phenoxy) is 1. The molecule has 1 aromatic carbocycles. The molecule has 0 N–H and O–H groups in total. The minimum atomic E-state index is 0.799. The van der Waals surface area contributed by atoms with Gasteiger partial charge in [-0.1, -0.05) is 49.2 Å². The van der Waals surface area contributed by atoms with Crippen LogP contribution in [0.5, 0.6) is 5.75 Å². The molecule has 0 aliphatic heterocycles. The predicted molar refractivity (Wildman–Crippen MR) is 76.3 cm³/mol. The fourth-order valence-corrected chi connectivity index (χ4v) is 1.35. The monoisotopic (exact) mass is 238 g/mol. The minimum absolute atomic E-state index is 0.799. The van der Waals surface area contributed by atoms with Gasteiger partial charge in [-0.15, -0.1) is 0 Å². The van der Waals surface area contributed by atoms with Gasteiger partial charge >= 0.3 is 0 Å². The van der Waals surface area contributed by atoms with Crippen LogP contribution in [0.3, 0.4) is 0 Å². The minimum Gasteiger partial charge on any atom is -0.495 e. The summed E-state index contributed by atoms with van der Waals surface area (Å²) in [5, 5.41) is 0. The lowest BCUT2D eigenvalue weighted by atomic mass is 10.2. The largest absolute Gasteiger partial charge is 0.495 e. The molecule has 0 atom stereocenters. The molecule has 1 rings (SSSR count). The van der Waals surface area contributed by atoms with Crippen LogP contribution in [0.25, 0.3) is 0 Å². The molecular formula is C17H18O. The van der Waals surface area contributed by atoms with Gasteiger partial charge in [-0.05, 0) is 30.7 Å². The molecule has 0 heterocycles. The highest BCUT2D eigenvalue weighted by molar-refractivity contribution is 5.47. The number of benzene rings is 1. The zero-order valence-corrected chi connectivity index (χ0v) is 11.0. The topological polar surface area (TPSA) is 9.23 Å². The van der Waals surface area contributed by atoms with Crippen LogP contribution in [0.1, 0.15) is 31.7 Å². The Labute approximate surface area is 110 Å². The fraction of sp³-hybridized carbons (Fsp3) is 0.294. The molecule has 0 saturated carbocycles. The van der Waals surface area contributed by atoms with Crippen molar-refractivity contribution in [2.75, 3.05) is 7.11 Å². The van der Waals surface area contributed by atoms with E-state index in [-0.39, 0.29) is 0 Å². The van der Waals surface area contributed by atoms with Gasteiger partial charge in [0, 0.05) is 6.42 Å². The van der Waals surface area contributed by atoms with E-state index in [4.69, 9.17) is 4.74 Å². The molecule has 92 valence electrons. The number of allylic oxidation sites excluding steroid dienone is 2. The van der Waals surface area contributed by atoms with E-state index in [1.165, 1.54) is 6.42 Å². The molecule has 0 aliphatic carbocycles. The zero-order chi connectivity index (χ0) is 13.1. The SMILES string of the molecule is CCCCC#C/C=C\C#Cc1ccccc1OC. The summed E-state index contributed by atoms with van der Waals surface area (Å²) in [5.74, 6) is 12.8. The Balaban J connectivity index is 2.54. The van der Waals surface area contributed by atoms with Gasteiger partial charge in [0.2, 0.25) is 0 Å². The number of rotatable bonds is 3. The van der Waals surface area contributed by atoms with E-state index in [0.29, 0.717) is 0 Å². The van der Waals surface area contributed by atoms with Crippen LogP contribution in [-0.2, 0) is 0 Å². The van der Waals surface area contributed by atoms with Crippen LogP contribution in [-0.4, -0.2) is 7.11 Å². The second-order valence-electron chi connectivity index (χ2n) is 3.73.